The molecule has 1 heterocycles. The fraction of sp³-hybridized carbons (Fsp3) is 0.917. The lowest BCUT2D eigenvalue weighted by molar-refractivity contribution is -0.148. The molecule has 1 saturated heterocycles. The van der Waals surface area contributed by atoms with E-state index in [1.54, 1.807) is 13.8 Å². The highest BCUT2D eigenvalue weighted by Crippen LogP contribution is 2.24. The largest absolute Gasteiger partial charge is 0.481 e. The van der Waals surface area contributed by atoms with Crippen molar-refractivity contribution in [3.05, 3.63) is 0 Å². The van der Waals surface area contributed by atoms with Gasteiger partial charge in [-0.15, -0.1) is 0 Å². The van der Waals surface area contributed by atoms with E-state index in [0.717, 1.165) is 25.9 Å². The van der Waals surface area contributed by atoms with E-state index in [2.05, 4.69) is 11.8 Å². The van der Waals surface area contributed by atoms with Crippen LogP contribution in [0.5, 0.6) is 0 Å². The Bertz CT molecular complexity index is 243. The Morgan fingerprint density at radius 2 is 2.00 bits per heavy atom. The summed E-state index contributed by atoms with van der Waals surface area (Å²) in [6, 6.07) is 0.259. The topological polar surface area (TPSA) is 66.6 Å². The minimum Gasteiger partial charge on any atom is -0.481 e. The van der Waals surface area contributed by atoms with Gasteiger partial charge in [0.05, 0.1) is 5.41 Å². The Hall–Kier alpha value is -0.610. The molecule has 94 valence electrons. The second-order valence-corrected chi connectivity index (χ2v) is 5.66. The number of piperidine rings is 1. The first-order valence-corrected chi connectivity index (χ1v) is 6.04. The highest BCUT2D eigenvalue weighted by atomic mass is 16.4. The van der Waals surface area contributed by atoms with E-state index in [9.17, 15) is 4.79 Å². The molecule has 1 unspecified atom stereocenters. The normalized spacial score (nSPS) is 22.0. The summed E-state index contributed by atoms with van der Waals surface area (Å²) in [5.41, 5.74) is 5.22. The van der Waals surface area contributed by atoms with Crippen molar-refractivity contribution in [1.29, 1.82) is 0 Å². The van der Waals surface area contributed by atoms with Crippen molar-refractivity contribution in [3.8, 4) is 0 Å². The van der Waals surface area contributed by atoms with Crippen molar-refractivity contribution in [2.24, 2.45) is 17.1 Å². The highest BCUT2D eigenvalue weighted by Gasteiger charge is 2.31. The van der Waals surface area contributed by atoms with Gasteiger partial charge in [0.1, 0.15) is 0 Å². The van der Waals surface area contributed by atoms with Gasteiger partial charge in [-0.2, -0.15) is 0 Å². The van der Waals surface area contributed by atoms with E-state index >= 15 is 0 Å². The molecule has 0 amide bonds. The molecule has 16 heavy (non-hydrogen) atoms. The summed E-state index contributed by atoms with van der Waals surface area (Å²) in [4.78, 5) is 13.3. The first kappa shape index (κ1) is 13.5. The van der Waals surface area contributed by atoms with E-state index < -0.39 is 11.4 Å². The van der Waals surface area contributed by atoms with Crippen LogP contribution in [0.1, 0.15) is 33.6 Å². The van der Waals surface area contributed by atoms with Gasteiger partial charge in [-0.1, -0.05) is 0 Å². The molecule has 4 heteroatoms. The van der Waals surface area contributed by atoms with Crippen molar-refractivity contribution >= 4 is 5.97 Å². The lowest BCUT2D eigenvalue weighted by Gasteiger charge is -2.36. The number of hydrogen-bond donors (Lipinski definition) is 2. The van der Waals surface area contributed by atoms with Gasteiger partial charge in [-0.3, -0.25) is 4.79 Å². The first-order chi connectivity index (χ1) is 7.33. The van der Waals surface area contributed by atoms with Gasteiger partial charge in [-0.25, -0.2) is 0 Å². The smallest absolute Gasteiger partial charge is 0.310 e. The Morgan fingerprint density at radius 3 is 2.38 bits per heavy atom. The summed E-state index contributed by atoms with van der Waals surface area (Å²) in [7, 11) is 0. The van der Waals surface area contributed by atoms with Crippen LogP contribution in [-0.4, -0.2) is 41.7 Å². The molecule has 0 aliphatic carbocycles. The molecule has 0 spiro atoms. The molecule has 0 aromatic rings. The summed E-state index contributed by atoms with van der Waals surface area (Å²) in [6.07, 6.45) is 2.18. The van der Waals surface area contributed by atoms with Gasteiger partial charge in [0.25, 0.3) is 0 Å². The minimum absolute atomic E-state index is 0.259. The van der Waals surface area contributed by atoms with Crippen molar-refractivity contribution in [2.45, 2.75) is 39.7 Å². The average molecular weight is 228 g/mol. The summed E-state index contributed by atoms with van der Waals surface area (Å²) in [5.74, 6) is -0.119. The Morgan fingerprint density at radius 1 is 1.50 bits per heavy atom. The SMILES string of the molecule is CC(N)C1CCN(CC(C)(C)C(=O)O)CC1. The molecule has 0 aromatic carbocycles. The molecule has 3 N–H and O–H groups in total. The summed E-state index contributed by atoms with van der Waals surface area (Å²) < 4.78 is 0. The number of carboxylic acids is 1. The fourth-order valence-electron chi connectivity index (χ4n) is 2.26. The van der Waals surface area contributed by atoms with Crippen LogP contribution in [0.15, 0.2) is 0 Å². The Labute approximate surface area is 97.8 Å². The lowest BCUT2D eigenvalue weighted by Crippen LogP contribution is -2.45. The lowest BCUT2D eigenvalue weighted by atomic mass is 9.88. The molecule has 1 atom stereocenters. The zero-order valence-corrected chi connectivity index (χ0v) is 10.6. The van der Waals surface area contributed by atoms with Crippen LogP contribution in [-0.2, 0) is 4.79 Å². The number of carbonyl (C=O) groups is 1. The predicted octanol–water partition coefficient (Wildman–Crippen LogP) is 1.16. The highest BCUT2D eigenvalue weighted by molar-refractivity contribution is 5.73. The summed E-state index contributed by atoms with van der Waals surface area (Å²) >= 11 is 0. The zero-order valence-electron chi connectivity index (χ0n) is 10.6. The van der Waals surface area contributed by atoms with Crippen molar-refractivity contribution < 1.29 is 9.90 Å². The molecule has 0 saturated carbocycles. The van der Waals surface area contributed by atoms with Crippen molar-refractivity contribution in [2.75, 3.05) is 19.6 Å². The van der Waals surface area contributed by atoms with Gasteiger partial charge >= 0.3 is 5.97 Å². The van der Waals surface area contributed by atoms with Gasteiger partial charge in [0.2, 0.25) is 0 Å². The van der Waals surface area contributed by atoms with Crippen LogP contribution in [0.25, 0.3) is 0 Å². The average Bonchev–Trinajstić information content (AvgIpc) is 2.17. The molecular formula is C12H24N2O2. The summed E-state index contributed by atoms with van der Waals surface area (Å²) in [6.45, 7) is 8.21. The number of aliphatic carboxylic acids is 1. The number of nitrogens with zero attached hydrogens (tertiary/aromatic N) is 1. The van der Waals surface area contributed by atoms with Crippen LogP contribution >= 0.6 is 0 Å². The number of rotatable bonds is 4. The second-order valence-electron chi connectivity index (χ2n) is 5.66. The maximum absolute atomic E-state index is 11.0. The third-order valence-corrected chi connectivity index (χ3v) is 3.57. The maximum Gasteiger partial charge on any atom is 0.310 e. The molecule has 0 bridgehead atoms. The van der Waals surface area contributed by atoms with Crippen LogP contribution < -0.4 is 5.73 Å². The molecule has 1 fully saturated rings. The monoisotopic (exact) mass is 228 g/mol. The number of nitrogens with two attached hydrogens (primary N) is 1. The van der Waals surface area contributed by atoms with Gasteiger partial charge in [-0.05, 0) is 52.6 Å². The number of carboxylic acid groups (broad SMARTS) is 1. The number of likely N-dealkylation sites (tertiary alicyclic amines) is 1. The van der Waals surface area contributed by atoms with Crippen LogP contribution in [0, 0.1) is 11.3 Å². The standard InChI is InChI=1S/C12H24N2O2/c1-9(13)10-4-6-14(7-5-10)8-12(2,3)11(15)16/h9-10H,4-8,13H2,1-3H3,(H,15,16). The van der Waals surface area contributed by atoms with E-state index in [1.807, 2.05) is 0 Å². The van der Waals surface area contributed by atoms with Crippen molar-refractivity contribution in [1.82, 2.24) is 4.90 Å². The maximum atomic E-state index is 11.0. The Kier molecular flexibility index (Phi) is 4.33. The zero-order chi connectivity index (χ0) is 12.3. The second kappa shape index (κ2) is 5.15. The molecular weight excluding hydrogens is 204 g/mol. The van der Waals surface area contributed by atoms with Crippen LogP contribution in [0.2, 0.25) is 0 Å². The molecule has 4 nitrogen and oxygen atoms in total. The minimum atomic E-state index is -0.721. The fourth-order valence-corrected chi connectivity index (χ4v) is 2.26. The molecule has 1 rings (SSSR count). The molecule has 0 radical (unpaired) electrons. The van der Waals surface area contributed by atoms with E-state index in [0.29, 0.717) is 12.5 Å². The predicted molar refractivity (Wildman–Crippen MR) is 64.2 cm³/mol. The third-order valence-electron chi connectivity index (χ3n) is 3.57. The summed E-state index contributed by atoms with van der Waals surface area (Å²) in [5, 5.41) is 9.07. The Balaban J connectivity index is 2.40. The first-order valence-electron chi connectivity index (χ1n) is 6.04. The molecule has 0 aromatic heterocycles. The van der Waals surface area contributed by atoms with Gasteiger partial charge in [0, 0.05) is 12.6 Å². The van der Waals surface area contributed by atoms with E-state index in [-0.39, 0.29) is 6.04 Å². The van der Waals surface area contributed by atoms with Crippen LogP contribution in [0.3, 0.4) is 0 Å². The molecule has 1 aliphatic rings. The van der Waals surface area contributed by atoms with E-state index in [1.165, 1.54) is 0 Å². The van der Waals surface area contributed by atoms with E-state index in [4.69, 9.17) is 10.8 Å². The third kappa shape index (κ3) is 3.46. The van der Waals surface area contributed by atoms with Gasteiger partial charge in [0.15, 0.2) is 0 Å². The van der Waals surface area contributed by atoms with Crippen molar-refractivity contribution in [3.63, 3.8) is 0 Å². The van der Waals surface area contributed by atoms with Gasteiger partial charge < -0.3 is 15.7 Å². The quantitative estimate of drug-likeness (QED) is 0.757. The van der Waals surface area contributed by atoms with Crippen LogP contribution in [0.4, 0.5) is 0 Å². The molecule has 1 aliphatic heterocycles. The number of hydrogen-bond acceptors (Lipinski definition) is 3.